The molecule has 0 spiro atoms. The number of benzene rings is 3. The molecule has 8 nitrogen and oxygen atoms in total. The molecule has 38 heavy (non-hydrogen) atoms. The maximum Gasteiger partial charge on any atom is 0.258 e. The molecule has 0 bridgehead atoms. The van der Waals surface area contributed by atoms with Gasteiger partial charge in [-0.15, -0.1) is 0 Å². The number of carbonyl (C=O) groups is 1. The normalized spacial score (nSPS) is 17.2. The predicted molar refractivity (Wildman–Crippen MR) is 152 cm³/mol. The Morgan fingerprint density at radius 1 is 0.974 bits per heavy atom. The van der Waals surface area contributed by atoms with Crippen LogP contribution in [0.25, 0.3) is 11.3 Å². The highest BCUT2D eigenvalue weighted by molar-refractivity contribution is 7.93. The minimum absolute atomic E-state index is 0.251. The van der Waals surface area contributed by atoms with Gasteiger partial charge in [0.05, 0.1) is 29.7 Å². The number of nitrogens with zero attached hydrogens (tertiary/aromatic N) is 1. The molecular formula is C29H32N4O4S. The maximum atomic E-state index is 13.3. The van der Waals surface area contributed by atoms with Crippen LogP contribution in [0.5, 0.6) is 0 Å². The summed E-state index contributed by atoms with van der Waals surface area (Å²) in [5.41, 5.74) is 5.67. The summed E-state index contributed by atoms with van der Waals surface area (Å²) in [6.07, 6.45) is 0. The van der Waals surface area contributed by atoms with Gasteiger partial charge in [-0.05, 0) is 55.3 Å². The zero-order valence-electron chi connectivity index (χ0n) is 21.5. The van der Waals surface area contributed by atoms with Crippen LogP contribution in [0.15, 0.2) is 72.8 Å². The third kappa shape index (κ3) is 5.75. The highest BCUT2D eigenvalue weighted by Crippen LogP contribution is 2.39. The van der Waals surface area contributed by atoms with Gasteiger partial charge in [0.15, 0.2) is 0 Å². The smallest absolute Gasteiger partial charge is 0.258 e. The van der Waals surface area contributed by atoms with E-state index in [9.17, 15) is 13.2 Å². The number of anilines is 3. The average Bonchev–Trinajstić information content (AvgIpc) is 3.24. The van der Waals surface area contributed by atoms with Crippen LogP contribution in [0, 0.1) is 0 Å². The van der Waals surface area contributed by atoms with Gasteiger partial charge >= 0.3 is 0 Å². The van der Waals surface area contributed by atoms with Gasteiger partial charge < -0.3 is 15.4 Å². The van der Waals surface area contributed by atoms with Crippen LogP contribution in [-0.4, -0.2) is 50.8 Å². The Morgan fingerprint density at radius 3 is 2.34 bits per heavy atom. The molecule has 0 aromatic heterocycles. The second-order valence-corrected chi connectivity index (χ2v) is 12.0. The summed E-state index contributed by atoms with van der Waals surface area (Å²) in [6.45, 7) is 7.48. The summed E-state index contributed by atoms with van der Waals surface area (Å²) < 4.78 is 33.0. The summed E-state index contributed by atoms with van der Waals surface area (Å²) >= 11 is 0. The van der Waals surface area contributed by atoms with E-state index in [1.54, 1.807) is 32.0 Å². The SMILES string of the molecule is CC(C)S(=O)(=O)Nc1ccc2c(c1)C(=C(Nc1ccc(CN3CCOCC3)cc1)c1ccccc1)C(=O)N2. The lowest BCUT2D eigenvalue weighted by Crippen LogP contribution is -2.35. The molecule has 0 saturated carbocycles. The molecule has 0 unspecified atom stereocenters. The van der Waals surface area contributed by atoms with E-state index in [2.05, 4.69) is 32.4 Å². The summed E-state index contributed by atoms with van der Waals surface area (Å²) in [6, 6.07) is 22.9. The molecule has 5 rings (SSSR count). The minimum Gasteiger partial charge on any atom is -0.379 e. The van der Waals surface area contributed by atoms with E-state index in [0.717, 1.165) is 44.1 Å². The predicted octanol–water partition coefficient (Wildman–Crippen LogP) is 4.60. The molecule has 1 saturated heterocycles. The number of hydrogen-bond acceptors (Lipinski definition) is 6. The van der Waals surface area contributed by atoms with Crippen LogP contribution < -0.4 is 15.4 Å². The molecule has 2 aliphatic heterocycles. The Morgan fingerprint density at radius 2 is 1.66 bits per heavy atom. The van der Waals surface area contributed by atoms with Crippen molar-refractivity contribution >= 4 is 44.3 Å². The van der Waals surface area contributed by atoms with E-state index in [0.29, 0.717) is 28.2 Å². The zero-order chi connectivity index (χ0) is 26.7. The van der Waals surface area contributed by atoms with Crippen molar-refractivity contribution in [3.8, 4) is 0 Å². The van der Waals surface area contributed by atoms with E-state index >= 15 is 0 Å². The fourth-order valence-corrected chi connectivity index (χ4v) is 5.19. The first kappa shape index (κ1) is 26.0. The Bertz CT molecular complexity index is 1450. The third-order valence-electron chi connectivity index (χ3n) is 6.69. The first-order chi connectivity index (χ1) is 18.3. The molecule has 1 fully saturated rings. The molecule has 3 aromatic rings. The third-order valence-corrected chi connectivity index (χ3v) is 8.45. The number of amides is 1. The van der Waals surface area contributed by atoms with Gasteiger partial charge in [-0.2, -0.15) is 0 Å². The molecular weight excluding hydrogens is 500 g/mol. The van der Waals surface area contributed by atoms with E-state index in [-0.39, 0.29) is 5.91 Å². The van der Waals surface area contributed by atoms with Crippen molar-refractivity contribution in [3.05, 3.63) is 89.5 Å². The summed E-state index contributed by atoms with van der Waals surface area (Å²) in [4.78, 5) is 15.6. The molecule has 1 amide bonds. The lowest BCUT2D eigenvalue weighted by Gasteiger charge is -2.26. The van der Waals surface area contributed by atoms with Gasteiger partial charge in [0.25, 0.3) is 5.91 Å². The van der Waals surface area contributed by atoms with Crippen molar-refractivity contribution in [3.63, 3.8) is 0 Å². The first-order valence-electron chi connectivity index (χ1n) is 12.7. The van der Waals surface area contributed by atoms with E-state index < -0.39 is 15.3 Å². The Balaban J connectivity index is 1.49. The Kier molecular flexibility index (Phi) is 7.51. The first-order valence-corrected chi connectivity index (χ1v) is 14.3. The van der Waals surface area contributed by atoms with Crippen LogP contribution in [0.4, 0.5) is 17.1 Å². The van der Waals surface area contributed by atoms with Gasteiger partial charge in [-0.25, -0.2) is 8.42 Å². The van der Waals surface area contributed by atoms with E-state index in [1.165, 1.54) is 5.56 Å². The van der Waals surface area contributed by atoms with E-state index in [1.807, 2.05) is 42.5 Å². The molecule has 3 aromatic carbocycles. The number of fused-ring (bicyclic) bond motifs is 1. The monoisotopic (exact) mass is 532 g/mol. The summed E-state index contributed by atoms with van der Waals surface area (Å²) in [5.74, 6) is -0.251. The highest BCUT2D eigenvalue weighted by atomic mass is 32.2. The van der Waals surface area contributed by atoms with Crippen molar-refractivity contribution in [1.29, 1.82) is 0 Å². The number of ether oxygens (including phenoxy) is 1. The molecule has 9 heteroatoms. The molecule has 3 N–H and O–H groups in total. The molecule has 0 atom stereocenters. The van der Waals surface area contributed by atoms with Gasteiger partial charge in [-0.3, -0.25) is 14.4 Å². The van der Waals surface area contributed by atoms with Crippen molar-refractivity contribution in [2.45, 2.75) is 25.6 Å². The molecule has 0 aliphatic carbocycles. The Labute approximate surface area is 223 Å². The number of sulfonamides is 1. The second kappa shape index (κ2) is 11.0. The molecule has 2 heterocycles. The summed E-state index contributed by atoms with van der Waals surface area (Å²) in [5, 5.41) is 5.81. The van der Waals surface area contributed by atoms with Crippen molar-refractivity contribution in [2.24, 2.45) is 0 Å². The van der Waals surface area contributed by atoms with E-state index in [4.69, 9.17) is 4.74 Å². The Hall–Kier alpha value is -3.66. The lowest BCUT2D eigenvalue weighted by atomic mass is 9.99. The fourth-order valence-electron chi connectivity index (χ4n) is 4.50. The zero-order valence-corrected chi connectivity index (χ0v) is 22.3. The van der Waals surface area contributed by atoms with Crippen LogP contribution in [0.3, 0.4) is 0 Å². The number of morpholine rings is 1. The molecule has 198 valence electrons. The number of nitrogens with one attached hydrogen (secondary N) is 3. The van der Waals surface area contributed by atoms with Gasteiger partial charge in [0, 0.05) is 42.3 Å². The van der Waals surface area contributed by atoms with Gasteiger partial charge in [0.1, 0.15) is 0 Å². The van der Waals surface area contributed by atoms with Crippen molar-refractivity contribution in [1.82, 2.24) is 4.90 Å². The topological polar surface area (TPSA) is 99.8 Å². The van der Waals surface area contributed by atoms with Crippen molar-refractivity contribution in [2.75, 3.05) is 41.7 Å². The summed E-state index contributed by atoms with van der Waals surface area (Å²) in [7, 11) is -3.53. The minimum atomic E-state index is -3.53. The molecule has 2 aliphatic rings. The maximum absolute atomic E-state index is 13.3. The van der Waals surface area contributed by atoms with Crippen LogP contribution in [-0.2, 0) is 26.1 Å². The van der Waals surface area contributed by atoms with Crippen LogP contribution in [0.2, 0.25) is 0 Å². The highest BCUT2D eigenvalue weighted by Gasteiger charge is 2.29. The standard InChI is InChI=1S/C29H32N4O4S/c1-20(2)38(35,36)32-24-12-13-26-25(18-24)27(29(34)31-26)28(22-6-4-3-5-7-22)30-23-10-8-21(9-11-23)19-33-14-16-37-17-15-33/h3-13,18,20,30,32H,14-17,19H2,1-2H3,(H,31,34). The lowest BCUT2D eigenvalue weighted by molar-refractivity contribution is -0.110. The fraction of sp³-hybridized carbons (Fsp3) is 0.276. The van der Waals surface area contributed by atoms with Crippen LogP contribution >= 0.6 is 0 Å². The quantitative estimate of drug-likeness (QED) is 0.367. The number of hydrogen-bond donors (Lipinski definition) is 3. The van der Waals surface area contributed by atoms with Gasteiger partial charge in [0.2, 0.25) is 10.0 Å². The largest absolute Gasteiger partial charge is 0.379 e. The number of rotatable bonds is 8. The second-order valence-electron chi connectivity index (χ2n) is 9.74. The van der Waals surface area contributed by atoms with Crippen molar-refractivity contribution < 1.29 is 17.9 Å². The van der Waals surface area contributed by atoms with Gasteiger partial charge in [-0.1, -0.05) is 42.5 Å². The number of carbonyl (C=O) groups excluding carboxylic acids is 1. The van der Waals surface area contributed by atoms with Crippen LogP contribution in [0.1, 0.15) is 30.5 Å². The average molecular weight is 533 g/mol. The molecule has 0 radical (unpaired) electrons.